The molecule has 0 aliphatic carbocycles. The first kappa shape index (κ1) is 69.7. The molecule has 0 aliphatic heterocycles. The van der Waals surface area contributed by atoms with E-state index in [1.807, 2.05) is 55.5 Å². The average molecular weight is 1700 g/mol. The molecule has 0 saturated heterocycles. The fourth-order valence-corrected chi connectivity index (χ4v) is 5.77. The number of carboxylic acid groups (broad SMARTS) is 1. The molecule has 0 fully saturated rings. The Morgan fingerprint density at radius 3 is 1.17 bits per heavy atom. The minimum Gasteiger partial charge on any atom is -0.477 e. The topological polar surface area (TPSA) is 234 Å². The summed E-state index contributed by atoms with van der Waals surface area (Å²) in [6, 6.07) is 43.9. The molecule has 0 saturated carbocycles. The summed E-state index contributed by atoms with van der Waals surface area (Å²) in [5.41, 5.74) is 4.51. The summed E-state index contributed by atoms with van der Waals surface area (Å²) in [4.78, 5) is 43.1. The van der Waals surface area contributed by atoms with Gasteiger partial charge < -0.3 is 45.3 Å². The average Bonchev–Trinajstić information content (AvgIpc) is 4.30. The molecule has 9 aromatic heterocycles. The van der Waals surface area contributed by atoms with E-state index in [0.29, 0.717) is 5.69 Å². The van der Waals surface area contributed by atoms with Crippen LogP contribution in [0.2, 0.25) is 0 Å². The Labute approximate surface area is 508 Å². The van der Waals surface area contributed by atoms with Crippen molar-refractivity contribution in [1.29, 1.82) is 0 Å². The van der Waals surface area contributed by atoms with Crippen molar-refractivity contribution in [2.24, 2.45) is 0 Å². The van der Waals surface area contributed by atoms with E-state index < -0.39 is 53.6 Å². The van der Waals surface area contributed by atoms with Crippen LogP contribution in [0.15, 0.2) is 177 Å². The van der Waals surface area contributed by atoms with Crippen LogP contribution in [-0.2, 0) is 78.8 Å². The number of halogens is 11. The smallest absolute Gasteiger partial charge is 0.429 e. The number of carbonyl (C=O) groups is 1. The summed E-state index contributed by atoms with van der Waals surface area (Å²) >= 11 is 0. The molecule has 0 atom stereocenters. The molecule has 1 N–H and O–H groups in total. The van der Waals surface area contributed by atoms with Gasteiger partial charge in [-0.15, -0.1) is 48.0 Å². The van der Waals surface area contributed by atoms with Crippen LogP contribution in [0.4, 0.5) is 48.3 Å². The molecule has 0 amide bonds. The van der Waals surface area contributed by atoms with Crippen LogP contribution >= 0.6 is 0 Å². The maximum absolute atomic E-state index is 13.4. The third-order valence-corrected chi connectivity index (χ3v) is 9.36. The summed E-state index contributed by atoms with van der Waals surface area (Å²) in [5.74, 6) is -6.38. The Kier molecular flexibility index (Phi) is 27.8. The van der Waals surface area contributed by atoms with Gasteiger partial charge in [0.1, 0.15) is 23.2 Å². The van der Waals surface area contributed by atoms with Gasteiger partial charge in [0.15, 0.2) is 0 Å². The Balaban J connectivity index is 0.000000264. The van der Waals surface area contributed by atoms with Gasteiger partial charge in [0.05, 0.1) is 17.1 Å². The number of hydrogen-bond acceptors (Lipinski definition) is 13. The fraction of sp³-hybridized carbons (Fsp3) is 0.0755. The molecule has 2 aromatic carbocycles. The van der Waals surface area contributed by atoms with Crippen LogP contribution in [0, 0.1) is 30.7 Å². The van der Waals surface area contributed by atoms with Crippen LogP contribution in [0.3, 0.4) is 0 Å². The van der Waals surface area contributed by atoms with Crippen molar-refractivity contribution in [3.05, 3.63) is 229 Å². The van der Waals surface area contributed by atoms with Gasteiger partial charge in [-0.05, 0) is 96.4 Å². The quantitative estimate of drug-likeness (QED) is 0.120. The molecule has 0 aliphatic rings. The van der Waals surface area contributed by atoms with Gasteiger partial charge >= 0.3 is 24.5 Å². The predicted molar refractivity (Wildman–Crippen MR) is 264 cm³/mol. The van der Waals surface area contributed by atoms with Crippen LogP contribution in [0.25, 0.3) is 57.1 Å². The van der Waals surface area contributed by atoms with E-state index in [1.165, 1.54) is 49.1 Å². The number of pyridine rings is 6. The van der Waals surface area contributed by atoms with Crippen molar-refractivity contribution in [2.45, 2.75) is 25.5 Å². The van der Waals surface area contributed by atoms with Gasteiger partial charge in [0, 0.05) is 109 Å². The third kappa shape index (κ3) is 22.3. The van der Waals surface area contributed by atoms with Crippen LogP contribution in [-0.4, -0.2) is 71.2 Å². The monoisotopic (exact) mass is 1700 g/mol. The number of aromatic carboxylic acids is 1. The van der Waals surface area contributed by atoms with Gasteiger partial charge in [-0.25, -0.2) is 9.78 Å². The molecule has 11 aromatic rings. The molecule has 0 spiro atoms. The first-order valence-electron chi connectivity index (χ1n) is 22.6. The van der Waals surface area contributed by atoms with E-state index in [-0.39, 0.29) is 106 Å². The van der Waals surface area contributed by atoms with Crippen molar-refractivity contribution >= 4 is 5.97 Å². The van der Waals surface area contributed by atoms with E-state index in [1.54, 1.807) is 67.0 Å². The number of nitrogens with zero attached hydrogens (tertiary/aromatic N) is 15. The number of alkyl halides is 9. The van der Waals surface area contributed by atoms with Crippen LogP contribution in [0.5, 0.6) is 0 Å². The summed E-state index contributed by atoms with van der Waals surface area (Å²) in [7, 11) is 0. The SMILES string of the molecule is Cc1ccnc(-c2[c-]cc(F)cc2F)c1.FC(F)(F)c1n[n-]c(-c2ccccn2)n1.FC(F)(F)c1n[n-]c(-c2ccccn2)n1.FC(F)(F)c1n[n-]c(-c2ccccn2)n1.O=C(O)c1ccccn1.[Ir].[Ir].[Ir].[c-]1ccccc1-c1ccccn1. The summed E-state index contributed by atoms with van der Waals surface area (Å²) in [6.07, 6.45) is -4.56. The predicted octanol–water partition coefficient (Wildman–Crippen LogP) is 11.0. The van der Waals surface area contributed by atoms with Gasteiger partial charge in [0.2, 0.25) is 0 Å². The van der Waals surface area contributed by atoms with E-state index in [2.05, 4.69) is 87.6 Å². The standard InChI is InChI=1S/C12H8F2N.C11H8N.3C8H4F3N4.C6H5NO2.3Ir/c1-8-4-5-15-12(6-8)10-3-2-9(13)7-11(10)14;1-2-6-10(7-3-1)11-8-4-5-9-12-11;3*9-8(10,11)7-13-6(14-15-7)5-3-1-2-4-12-5;8-6(9)5-3-1-2-4-7-5;;;/h2,4-7H,1H3;1-6,8-9H;3*1-4H;1-4H,(H,8,9);;;/q5*-1;;;;. The van der Waals surface area contributed by atoms with Crippen molar-refractivity contribution in [1.82, 2.24) is 75.4 Å². The molecule has 11 rings (SSSR count). The number of hydrogen-bond donors (Lipinski definition) is 1. The zero-order chi connectivity index (χ0) is 58.4. The Morgan fingerprint density at radius 2 is 0.857 bits per heavy atom. The molecule has 17 nitrogen and oxygen atoms in total. The number of benzene rings is 2. The minimum absolute atomic E-state index is 0. The van der Waals surface area contributed by atoms with E-state index >= 15 is 0 Å². The maximum atomic E-state index is 13.4. The first-order chi connectivity index (χ1) is 38.7. The molecule has 3 radical (unpaired) electrons. The molecule has 9 heterocycles. The minimum atomic E-state index is -4.57. The Hall–Kier alpha value is -8.59. The second-order valence-electron chi connectivity index (χ2n) is 15.3. The summed E-state index contributed by atoms with van der Waals surface area (Å²) < 4.78 is 135. The zero-order valence-corrected chi connectivity index (χ0v) is 49.1. The molecule has 31 heteroatoms. The largest absolute Gasteiger partial charge is 0.477 e. The van der Waals surface area contributed by atoms with Crippen molar-refractivity contribution in [3.63, 3.8) is 0 Å². The van der Waals surface area contributed by atoms with E-state index in [0.717, 1.165) is 29.0 Å². The molecule has 0 unspecified atom stereocenters. The van der Waals surface area contributed by atoms with Crippen LogP contribution in [0.1, 0.15) is 33.5 Å². The maximum Gasteiger partial charge on any atom is 0.429 e. The van der Waals surface area contributed by atoms with Gasteiger partial charge in [-0.1, -0.05) is 59.7 Å². The van der Waals surface area contributed by atoms with E-state index in [9.17, 15) is 53.1 Å². The van der Waals surface area contributed by atoms with Crippen molar-refractivity contribution in [2.75, 3.05) is 0 Å². The van der Waals surface area contributed by atoms with Gasteiger partial charge in [0.25, 0.3) is 0 Å². The number of aromatic nitrogens is 15. The summed E-state index contributed by atoms with van der Waals surface area (Å²) in [6.45, 7) is 1.88. The van der Waals surface area contributed by atoms with E-state index in [4.69, 9.17) is 5.11 Å². The normalized spacial score (nSPS) is 10.4. The number of aryl methyl sites for hydroxylation is 1. The molecule has 441 valence electrons. The fourth-order valence-electron chi connectivity index (χ4n) is 5.77. The second-order valence-corrected chi connectivity index (χ2v) is 15.3. The number of rotatable bonds is 6. The Morgan fingerprint density at radius 1 is 0.464 bits per heavy atom. The second kappa shape index (κ2) is 33.5. The molecular formula is C53H33F11Ir3N15O2-5. The summed E-state index contributed by atoms with van der Waals surface area (Å²) in [5, 5.41) is 27.1. The first-order valence-corrected chi connectivity index (χ1v) is 22.6. The molecule has 0 bridgehead atoms. The zero-order valence-electron chi connectivity index (χ0n) is 42.0. The van der Waals surface area contributed by atoms with Gasteiger partial charge in [-0.3, -0.25) is 39.0 Å². The van der Waals surface area contributed by atoms with Crippen molar-refractivity contribution < 1.29 is 119 Å². The van der Waals surface area contributed by atoms with Gasteiger partial charge in [-0.2, -0.15) is 39.5 Å². The molecule has 84 heavy (non-hydrogen) atoms. The number of carboxylic acids is 1. The Bertz CT molecular complexity index is 3410. The van der Waals surface area contributed by atoms with Crippen LogP contribution < -0.4 is 15.3 Å². The molecular weight excluding hydrogens is 1660 g/mol. The van der Waals surface area contributed by atoms with Crippen molar-refractivity contribution in [3.8, 4) is 57.1 Å². The third-order valence-electron chi connectivity index (χ3n) is 9.36.